The molecule has 3 aliphatic rings. The minimum atomic E-state index is 0.682. The average Bonchev–Trinajstić information content (AvgIpc) is 2.84. The Hall–Kier alpha value is 0.300. The molecule has 14 heavy (non-hydrogen) atoms. The second-order valence-electron chi connectivity index (χ2n) is 4.51. The van der Waals surface area contributed by atoms with Crippen molar-refractivity contribution in [3.8, 4) is 0 Å². The summed E-state index contributed by atoms with van der Waals surface area (Å²) in [6.07, 6.45) is 2.89. The molecule has 78 valence electrons. The smallest absolute Gasteiger partial charge is 0.159 e. The number of piperidine rings is 1. The van der Waals surface area contributed by atoms with Crippen molar-refractivity contribution in [1.29, 1.82) is 0 Å². The zero-order valence-corrected chi connectivity index (χ0v) is 10.6. The number of alkyl halides is 1. The van der Waals surface area contributed by atoms with Crippen molar-refractivity contribution >= 4 is 32.9 Å². The molecule has 2 heterocycles. The van der Waals surface area contributed by atoms with Crippen molar-refractivity contribution in [3.63, 3.8) is 0 Å². The molecule has 3 rings (SSSR count). The molecule has 2 fully saturated rings. The van der Waals surface area contributed by atoms with E-state index in [1.54, 1.807) is 0 Å². The molecule has 0 bridgehead atoms. The first kappa shape index (κ1) is 9.52. The van der Waals surface area contributed by atoms with Gasteiger partial charge < -0.3 is 4.90 Å². The molecule has 0 amide bonds. The molecule has 0 aromatic heterocycles. The molecule has 0 aromatic carbocycles. The largest absolute Gasteiger partial charge is 0.351 e. The molecule has 0 radical (unpaired) electrons. The molecule has 1 aliphatic carbocycles. The van der Waals surface area contributed by atoms with Gasteiger partial charge in [-0.2, -0.15) is 0 Å². The third-order valence-electron chi connectivity index (χ3n) is 3.44. The van der Waals surface area contributed by atoms with E-state index in [0.717, 1.165) is 23.7 Å². The lowest BCUT2D eigenvalue weighted by molar-refractivity contribution is 0.333. The van der Waals surface area contributed by atoms with Crippen LogP contribution >= 0.6 is 27.7 Å². The SMILES string of the molecule is BrCC1CN=C(N2CCC3CC3C2)S1. The Morgan fingerprint density at radius 3 is 3.14 bits per heavy atom. The zero-order chi connectivity index (χ0) is 9.54. The van der Waals surface area contributed by atoms with Gasteiger partial charge in [-0.25, -0.2) is 0 Å². The number of nitrogens with zero attached hydrogens (tertiary/aromatic N) is 2. The monoisotopic (exact) mass is 274 g/mol. The first-order chi connectivity index (χ1) is 6.86. The Morgan fingerprint density at radius 2 is 2.43 bits per heavy atom. The Bertz CT molecular complexity index is 269. The van der Waals surface area contributed by atoms with E-state index in [1.807, 2.05) is 11.8 Å². The molecule has 1 saturated heterocycles. The van der Waals surface area contributed by atoms with Crippen molar-refractivity contribution in [2.75, 3.05) is 25.0 Å². The third-order valence-corrected chi connectivity index (χ3v) is 5.90. The number of likely N-dealkylation sites (tertiary alicyclic amines) is 1. The Kier molecular flexibility index (Phi) is 2.52. The number of rotatable bonds is 1. The number of hydrogen-bond acceptors (Lipinski definition) is 3. The van der Waals surface area contributed by atoms with Crippen LogP contribution in [0.3, 0.4) is 0 Å². The summed E-state index contributed by atoms with van der Waals surface area (Å²) in [5, 5.41) is 3.08. The van der Waals surface area contributed by atoms with Crippen LogP contribution in [0.1, 0.15) is 12.8 Å². The van der Waals surface area contributed by atoms with E-state index in [9.17, 15) is 0 Å². The van der Waals surface area contributed by atoms with Crippen molar-refractivity contribution in [2.45, 2.75) is 18.1 Å². The standard InChI is InChI=1S/C10H15BrN2S/c11-4-9-5-12-10(14-9)13-2-1-7-3-8(7)6-13/h7-9H,1-6H2. The number of halogens is 1. The lowest BCUT2D eigenvalue weighted by Crippen LogP contribution is -2.34. The minimum Gasteiger partial charge on any atom is -0.351 e. The van der Waals surface area contributed by atoms with E-state index in [4.69, 9.17) is 0 Å². The normalized spacial score (nSPS) is 40.8. The van der Waals surface area contributed by atoms with Crippen LogP contribution in [0.5, 0.6) is 0 Å². The predicted octanol–water partition coefficient (Wildman–Crippen LogP) is 2.19. The fourth-order valence-corrected chi connectivity index (χ4v) is 3.99. The predicted molar refractivity (Wildman–Crippen MR) is 65.3 cm³/mol. The molecule has 2 aliphatic heterocycles. The maximum absolute atomic E-state index is 4.64. The molecule has 0 spiro atoms. The molecular formula is C10H15BrN2S. The van der Waals surface area contributed by atoms with Crippen LogP contribution in [0.4, 0.5) is 0 Å². The molecule has 3 atom stereocenters. The first-order valence-electron chi connectivity index (χ1n) is 5.39. The minimum absolute atomic E-state index is 0.682. The fourth-order valence-electron chi connectivity index (χ4n) is 2.42. The molecule has 2 nitrogen and oxygen atoms in total. The average molecular weight is 275 g/mol. The van der Waals surface area contributed by atoms with Gasteiger partial charge >= 0.3 is 0 Å². The van der Waals surface area contributed by atoms with Crippen molar-refractivity contribution in [2.24, 2.45) is 16.8 Å². The third kappa shape index (κ3) is 1.71. The molecule has 4 heteroatoms. The Labute approximate surface area is 97.7 Å². The van der Waals surface area contributed by atoms with Gasteiger partial charge in [-0.3, -0.25) is 4.99 Å². The number of fused-ring (bicyclic) bond motifs is 1. The van der Waals surface area contributed by atoms with Crippen LogP contribution in [0, 0.1) is 11.8 Å². The van der Waals surface area contributed by atoms with Crippen molar-refractivity contribution < 1.29 is 0 Å². The molecular weight excluding hydrogens is 260 g/mol. The summed E-state index contributed by atoms with van der Waals surface area (Å²) < 4.78 is 0. The van der Waals surface area contributed by atoms with Crippen LogP contribution in [-0.4, -0.2) is 40.3 Å². The highest BCUT2D eigenvalue weighted by molar-refractivity contribution is 9.09. The van der Waals surface area contributed by atoms with Crippen molar-refractivity contribution in [1.82, 2.24) is 4.90 Å². The van der Waals surface area contributed by atoms with E-state index < -0.39 is 0 Å². The zero-order valence-electron chi connectivity index (χ0n) is 8.16. The van der Waals surface area contributed by atoms with Gasteiger partial charge in [0.2, 0.25) is 0 Å². The van der Waals surface area contributed by atoms with Gasteiger partial charge in [0.15, 0.2) is 5.17 Å². The lowest BCUT2D eigenvalue weighted by Gasteiger charge is -2.27. The summed E-state index contributed by atoms with van der Waals surface area (Å²) in [6.45, 7) is 3.54. The van der Waals surface area contributed by atoms with Crippen LogP contribution in [0.25, 0.3) is 0 Å². The van der Waals surface area contributed by atoms with Gasteiger partial charge in [0.05, 0.1) is 6.54 Å². The summed E-state index contributed by atoms with van der Waals surface area (Å²) in [5.74, 6) is 2.08. The van der Waals surface area contributed by atoms with Crippen LogP contribution < -0.4 is 0 Å². The van der Waals surface area contributed by atoms with Crippen LogP contribution in [0.2, 0.25) is 0 Å². The Balaban J connectivity index is 1.60. The summed E-state index contributed by atoms with van der Waals surface area (Å²) in [4.78, 5) is 7.16. The van der Waals surface area contributed by atoms with E-state index in [0.29, 0.717) is 5.25 Å². The van der Waals surface area contributed by atoms with Gasteiger partial charge in [-0.15, -0.1) is 0 Å². The molecule has 1 saturated carbocycles. The molecule has 0 aromatic rings. The van der Waals surface area contributed by atoms with E-state index >= 15 is 0 Å². The van der Waals surface area contributed by atoms with Gasteiger partial charge in [0.1, 0.15) is 0 Å². The number of thioether (sulfide) groups is 1. The summed E-state index contributed by atoms with van der Waals surface area (Å²) in [7, 11) is 0. The number of amidine groups is 1. The maximum Gasteiger partial charge on any atom is 0.159 e. The Morgan fingerprint density at radius 1 is 1.50 bits per heavy atom. The van der Waals surface area contributed by atoms with Gasteiger partial charge in [0, 0.05) is 23.7 Å². The van der Waals surface area contributed by atoms with Crippen LogP contribution in [-0.2, 0) is 0 Å². The summed E-state index contributed by atoms with van der Waals surface area (Å²) in [5.41, 5.74) is 0. The molecule has 3 unspecified atom stereocenters. The van der Waals surface area contributed by atoms with Gasteiger partial charge in [-0.05, 0) is 24.7 Å². The highest BCUT2D eigenvalue weighted by atomic mass is 79.9. The first-order valence-corrected chi connectivity index (χ1v) is 7.39. The number of aliphatic imine (C=N–C) groups is 1. The quantitative estimate of drug-likeness (QED) is 0.682. The molecule has 0 N–H and O–H groups in total. The van der Waals surface area contributed by atoms with Gasteiger partial charge in [-0.1, -0.05) is 27.7 Å². The fraction of sp³-hybridized carbons (Fsp3) is 0.900. The highest BCUT2D eigenvalue weighted by Crippen LogP contribution is 2.45. The second-order valence-corrected chi connectivity index (χ2v) is 6.42. The summed E-state index contributed by atoms with van der Waals surface area (Å²) in [6, 6.07) is 0. The van der Waals surface area contributed by atoms with E-state index in [-0.39, 0.29) is 0 Å². The number of hydrogen-bond donors (Lipinski definition) is 0. The maximum atomic E-state index is 4.64. The van der Waals surface area contributed by atoms with Crippen LogP contribution in [0.15, 0.2) is 4.99 Å². The van der Waals surface area contributed by atoms with Gasteiger partial charge in [0.25, 0.3) is 0 Å². The van der Waals surface area contributed by atoms with Crippen molar-refractivity contribution in [3.05, 3.63) is 0 Å². The van der Waals surface area contributed by atoms with E-state index in [2.05, 4.69) is 25.8 Å². The second kappa shape index (κ2) is 3.71. The topological polar surface area (TPSA) is 15.6 Å². The summed E-state index contributed by atoms with van der Waals surface area (Å²) >= 11 is 5.50. The highest BCUT2D eigenvalue weighted by Gasteiger charge is 2.42. The lowest BCUT2D eigenvalue weighted by atomic mass is 10.1. The van der Waals surface area contributed by atoms with E-state index in [1.165, 1.54) is 31.1 Å².